The predicted octanol–water partition coefficient (Wildman–Crippen LogP) is 1.58. The third kappa shape index (κ3) is 4.26. The maximum Gasteiger partial charge on any atom is 0.258 e. The van der Waals surface area contributed by atoms with Crippen LogP contribution in [0.1, 0.15) is 38.5 Å². The van der Waals surface area contributed by atoms with Gasteiger partial charge in [-0.3, -0.25) is 9.59 Å². The fourth-order valence-electron chi connectivity index (χ4n) is 3.34. The molecule has 0 aromatic heterocycles. The summed E-state index contributed by atoms with van der Waals surface area (Å²) in [5, 5.41) is 3.00. The van der Waals surface area contributed by atoms with Crippen molar-refractivity contribution in [2.45, 2.75) is 50.6 Å². The van der Waals surface area contributed by atoms with Gasteiger partial charge in [0.1, 0.15) is 5.75 Å². The molecule has 2 fully saturated rings. The lowest BCUT2D eigenvalue weighted by molar-refractivity contribution is -0.124. The van der Waals surface area contributed by atoms with Crippen LogP contribution in [0.15, 0.2) is 24.3 Å². The molecule has 3 N–H and O–H groups in total. The Labute approximate surface area is 142 Å². The van der Waals surface area contributed by atoms with Gasteiger partial charge in [-0.15, -0.1) is 0 Å². The summed E-state index contributed by atoms with van der Waals surface area (Å²) in [5.74, 6) is 0.631. The van der Waals surface area contributed by atoms with E-state index in [1.165, 1.54) is 0 Å². The Morgan fingerprint density at radius 2 is 2.08 bits per heavy atom. The first-order chi connectivity index (χ1) is 11.6. The van der Waals surface area contributed by atoms with Crippen LogP contribution in [-0.2, 0) is 9.59 Å². The van der Waals surface area contributed by atoms with Crippen molar-refractivity contribution in [1.82, 2.24) is 5.32 Å². The van der Waals surface area contributed by atoms with E-state index in [0.717, 1.165) is 44.3 Å². The average molecular weight is 331 g/mol. The first kappa shape index (κ1) is 16.8. The molecule has 1 aromatic carbocycles. The van der Waals surface area contributed by atoms with E-state index in [0.29, 0.717) is 12.2 Å². The Morgan fingerprint density at radius 3 is 2.79 bits per heavy atom. The summed E-state index contributed by atoms with van der Waals surface area (Å²) in [7, 11) is 0. The van der Waals surface area contributed by atoms with Crippen molar-refractivity contribution in [3.8, 4) is 5.75 Å². The Kier molecular flexibility index (Phi) is 5.35. The first-order valence-corrected chi connectivity index (χ1v) is 8.70. The number of amides is 2. The molecule has 24 heavy (non-hydrogen) atoms. The van der Waals surface area contributed by atoms with Gasteiger partial charge in [-0.2, -0.15) is 0 Å². The molecule has 1 aromatic rings. The number of benzene rings is 1. The lowest BCUT2D eigenvalue weighted by Crippen LogP contribution is -2.42. The van der Waals surface area contributed by atoms with Gasteiger partial charge in [-0.1, -0.05) is 6.07 Å². The topological polar surface area (TPSA) is 84.7 Å². The summed E-state index contributed by atoms with van der Waals surface area (Å²) >= 11 is 0. The summed E-state index contributed by atoms with van der Waals surface area (Å²) in [4.78, 5) is 25.6. The summed E-state index contributed by atoms with van der Waals surface area (Å²) in [6.07, 6.45) is 5.25. The molecule has 0 atom stereocenters. The number of anilines is 1. The molecule has 0 bridgehead atoms. The monoisotopic (exact) mass is 331 g/mol. The SMILES string of the molecule is NC1CCC(NC(=O)COc2cccc(N3CCCC3=O)c2)CC1. The van der Waals surface area contributed by atoms with Crippen LogP contribution in [-0.4, -0.2) is 37.0 Å². The number of ether oxygens (including phenoxy) is 1. The van der Waals surface area contributed by atoms with E-state index in [4.69, 9.17) is 10.5 Å². The Balaban J connectivity index is 1.49. The number of hydrogen-bond acceptors (Lipinski definition) is 4. The molecule has 3 rings (SSSR count). The summed E-state index contributed by atoms with van der Waals surface area (Å²) in [6.45, 7) is 0.729. The lowest BCUT2D eigenvalue weighted by Gasteiger charge is -2.26. The zero-order valence-corrected chi connectivity index (χ0v) is 13.9. The van der Waals surface area contributed by atoms with Gasteiger partial charge in [0.2, 0.25) is 5.91 Å². The highest BCUT2D eigenvalue weighted by atomic mass is 16.5. The Morgan fingerprint density at radius 1 is 1.29 bits per heavy atom. The predicted molar refractivity (Wildman–Crippen MR) is 91.9 cm³/mol. The van der Waals surface area contributed by atoms with Crippen LogP contribution >= 0.6 is 0 Å². The highest BCUT2D eigenvalue weighted by Gasteiger charge is 2.22. The number of carbonyl (C=O) groups is 2. The number of nitrogens with two attached hydrogens (primary N) is 1. The van der Waals surface area contributed by atoms with Crippen molar-refractivity contribution in [3.05, 3.63) is 24.3 Å². The van der Waals surface area contributed by atoms with E-state index in [1.807, 2.05) is 18.2 Å². The molecular weight excluding hydrogens is 306 g/mol. The second kappa shape index (κ2) is 7.66. The minimum atomic E-state index is -0.113. The minimum Gasteiger partial charge on any atom is -0.484 e. The van der Waals surface area contributed by atoms with Gasteiger partial charge in [-0.25, -0.2) is 0 Å². The highest BCUT2D eigenvalue weighted by Crippen LogP contribution is 2.25. The fraction of sp³-hybridized carbons (Fsp3) is 0.556. The molecule has 1 saturated carbocycles. The second-order valence-corrected chi connectivity index (χ2v) is 6.61. The van der Waals surface area contributed by atoms with Gasteiger partial charge in [0, 0.05) is 36.8 Å². The quantitative estimate of drug-likeness (QED) is 0.858. The van der Waals surface area contributed by atoms with E-state index in [9.17, 15) is 9.59 Å². The molecule has 0 unspecified atom stereocenters. The molecule has 1 aliphatic carbocycles. The maximum absolute atomic E-state index is 12.0. The summed E-state index contributed by atoms with van der Waals surface area (Å²) < 4.78 is 5.59. The van der Waals surface area contributed by atoms with Crippen molar-refractivity contribution in [2.75, 3.05) is 18.1 Å². The Hall–Kier alpha value is -2.08. The van der Waals surface area contributed by atoms with E-state index >= 15 is 0 Å². The molecule has 1 heterocycles. The van der Waals surface area contributed by atoms with Gasteiger partial charge in [0.25, 0.3) is 5.91 Å². The molecule has 0 spiro atoms. The molecular formula is C18H25N3O3. The third-order valence-electron chi connectivity index (χ3n) is 4.71. The molecule has 0 radical (unpaired) electrons. The number of nitrogens with zero attached hydrogens (tertiary/aromatic N) is 1. The van der Waals surface area contributed by atoms with Crippen LogP contribution in [0.2, 0.25) is 0 Å². The second-order valence-electron chi connectivity index (χ2n) is 6.61. The standard InChI is InChI=1S/C18H25N3O3/c19-13-6-8-14(9-7-13)20-17(22)12-24-16-4-1-3-15(11-16)21-10-2-5-18(21)23/h1,3-4,11,13-14H,2,5-10,12,19H2,(H,20,22). The van der Waals surface area contributed by atoms with Gasteiger partial charge < -0.3 is 20.7 Å². The van der Waals surface area contributed by atoms with Crippen LogP contribution in [0.4, 0.5) is 5.69 Å². The molecule has 1 saturated heterocycles. The number of hydrogen-bond donors (Lipinski definition) is 2. The summed E-state index contributed by atoms with van der Waals surface area (Å²) in [5.41, 5.74) is 6.70. The van der Waals surface area contributed by atoms with Crippen LogP contribution in [0.25, 0.3) is 0 Å². The minimum absolute atomic E-state index is 0.0139. The first-order valence-electron chi connectivity index (χ1n) is 8.70. The molecule has 2 amide bonds. The van der Waals surface area contributed by atoms with Gasteiger partial charge in [-0.05, 0) is 44.2 Å². The zero-order valence-electron chi connectivity index (χ0n) is 13.9. The third-order valence-corrected chi connectivity index (χ3v) is 4.71. The highest BCUT2D eigenvalue weighted by molar-refractivity contribution is 5.95. The van der Waals surface area contributed by atoms with Crippen molar-refractivity contribution in [2.24, 2.45) is 5.73 Å². The van der Waals surface area contributed by atoms with E-state index in [2.05, 4.69) is 5.32 Å². The summed E-state index contributed by atoms with van der Waals surface area (Å²) in [6, 6.07) is 7.82. The normalized spacial score (nSPS) is 24.0. The smallest absolute Gasteiger partial charge is 0.258 e. The van der Waals surface area contributed by atoms with Gasteiger partial charge >= 0.3 is 0 Å². The van der Waals surface area contributed by atoms with Crippen LogP contribution in [0.3, 0.4) is 0 Å². The van der Waals surface area contributed by atoms with E-state index in [-0.39, 0.29) is 30.5 Å². The van der Waals surface area contributed by atoms with E-state index < -0.39 is 0 Å². The number of rotatable bonds is 5. The van der Waals surface area contributed by atoms with Crippen molar-refractivity contribution >= 4 is 17.5 Å². The zero-order chi connectivity index (χ0) is 16.9. The largest absolute Gasteiger partial charge is 0.484 e. The van der Waals surface area contributed by atoms with Crippen LogP contribution in [0, 0.1) is 0 Å². The van der Waals surface area contributed by atoms with Crippen molar-refractivity contribution < 1.29 is 14.3 Å². The average Bonchev–Trinajstić information content (AvgIpc) is 3.01. The molecule has 6 heteroatoms. The molecule has 6 nitrogen and oxygen atoms in total. The fourth-order valence-corrected chi connectivity index (χ4v) is 3.34. The van der Waals surface area contributed by atoms with Gasteiger partial charge in [0.05, 0.1) is 0 Å². The molecule has 2 aliphatic rings. The molecule has 1 aliphatic heterocycles. The van der Waals surface area contributed by atoms with Crippen LogP contribution < -0.4 is 20.7 Å². The number of carbonyl (C=O) groups excluding carboxylic acids is 2. The van der Waals surface area contributed by atoms with Gasteiger partial charge in [0.15, 0.2) is 6.61 Å². The maximum atomic E-state index is 12.0. The van der Waals surface area contributed by atoms with Crippen molar-refractivity contribution in [1.29, 1.82) is 0 Å². The van der Waals surface area contributed by atoms with Crippen LogP contribution in [0.5, 0.6) is 5.75 Å². The lowest BCUT2D eigenvalue weighted by atomic mass is 9.92. The van der Waals surface area contributed by atoms with E-state index in [1.54, 1.807) is 11.0 Å². The number of nitrogens with one attached hydrogen (secondary N) is 1. The van der Waals surface area contributed by atoms with Crippen molar-refractivity contribution in [3.63, 3.8) is 0 Å². The Bertz CT molecular complexity index is 597. The molecule has 130 valence electrons.